The van der Waals surface area contributed by atoms with Gasteiger partial charge in [-0.2, -0.15) is 0 Å². The number of amides is 2. The number of carbonyl (C=O) groups is 2. The number of hydrogen-bond acceptors (Lipinski definition) is 8. The van der Waals surface area contributed by atoms with E-state index in [1.165, 1.54) is 18.1 Å². The van der Waals surface area contributed by atoms with Gasteiger partial charge in [0.1, 0.15) is 19.3 Å². The van der Waals surface area contributed by atoms with Crippen molar-refractivity contribution in [2.75, 3.05) is 38.3 Å². The molecule has 10 nitrogen and oxygen atoms in total. The van der Waals surface area contributed by atoms with Gasteiger partial charge >= 0.3 is 6.09 Å². The van der Waals surface area contributed by atoms with Gasteiger partial charge in [0.25, 0.3) is 0 Å². The summed E-state index contributed by atoms with van der Waals surface area (Å²) in [6.45, 7) is 1.44. The van der Waals surface area contributed by atoms with Crippen LogP contribution in [0.2, 0.25) is 0 Å². The van der Waals surface area contributed by atoms with Crippen molar-refractivity contribution in [3.8, 4) is 17.4 Å². The summed E-state index contributed by atoms with van der Waals surface area (Å²) in [6.07, 6.45) is 3.76. The predicted octanol–water partition coefficient (Wildman–Crippen LogP) is 2.56. The molecule has 2 aliphatic heterocycles. The van der Waals surface area contributed by atoms with Crippen LogP contribution in [-0.2, 0) is 9.53 Å². The molecule has 174 valence electrons. The number of benzene rings is 1. The van der Waals surface area contributed by atoms with Crippen LogP contribution >= 0.6 is 0 Å². The Bertz CT molecular complexity index is 1280. The average molecular weight is 462 g/mol. The maximum absolute atomic E-state index is 12.4. The zero-order chi connectivity index (χ0) is 23.5. The van der Waals surface area contributed by atoms with Crippen LogP contribution in [0, 0.1) is 0 Å². The van der Waals surface area contributed by atoms with E-state index in [0.29, 0.717) is 53.9 Å². The molecule has 3 aromatic rings. The number of pyridine rings is 2. The smallest absolute Gasteiger partial charge is 0.414 e. The van der Waals surface area contributed by atoms with Crippen LogP contribution in [0.15, 0.2) is 48.7 Å². The number of fused-ring (bicyclic) bond motifs is 2. The van der Waals surface area contributed by atoms with Crippen LogP contribution < -0.4 is 24.4 Å². The van der Waals surface area contributed by atoms with E-state index in [2.05, 4.69) is 15.3 Å². The fraction of sp³-hybridized carbons (Fsp3) is 0.250. The van der Waals surface area contributed by atoms with Crippen molar-refractivity contribution < 1.29 is 28.5 Å². The summed E-state index contributed by atoms with van der Waals surface area (Å²) in [6, 6.07) is 10.6. The van der Waals surface area contributed by atoms with E-state index in [-0.39, 0.29) is 12.5 Å². The number of methoxy groups -OCH3 is 1. The second-order valence-electron chi connectivity index (χ2n) is 7.64. The monoisotopic (exact) mass is 462 g/mol. The van der Waals surface area contributed by atoms with Gasteiger partial charge in [0.05, 0.1) is 36.9 Å². The van der Waals surface area contributed by atoms with E-state index in [4.69, 9.17) is 18.9 Å². The van der Waals surface area contributed by atoms with Crippen molar-refractivity contribution in [2.24, 2.45) is 0 Å². The third-order valence-corrected chi connectivity index (χ3v) is 5.43. The summed E-state index contributed by atoms with van der Waals surface area (Å²) >= 11 is 0. The maximum Gasteiger partial charge on any atom is 0.414 e. The van der Waals surface area contributed by atoms with Gasteiger partial charge in [0.2, 0.25) is 11.8 Å². The van der Waals surface area contributed by atoms with Gasteiger partial charge in [-0.3, -0.25) is 14.7 Å². The highest BCUT2D eigenvalue weighted by Crippen LogP contribution is 2.35. The van der Waals surface area contributed by atoms with E-state index in [1.54, 1.807) is 48.7 Å². The first-order valence-electron chi connectivity index (χ1n) is 10.7. The first kappa shape index (κ1) is 21.5. The van der Waals surface area contributed by atoms with Crippen molar-refractivity contribution in [1.82, 2.24) is 15.3 Å². The van der Waals surface area contributed by atoms with Crippen molar-refractivity contribution in [3.63, 3.8) is 0 Å². The summed E-state index contributed by atoms with van der Waals surface area (Å²) in [5.41, 5.74) is 2.71. The fourth-order valence-corrected chi connectivity index (χ4v) is 3.75. The molecule has 1 fully saturated rings. The molecule has 0 bridgehead atoms. The number of carbonyl (C=O) groups excluding carboxylic acids is 2. The maximum atomic E-state index is 12.4. The van der Waals surface area contributed by atoms with Crippen molar-refractivity contribution in [3.05, 3.63) is 54.2 Å². The lowest BCUT2D eigenvalue weighted by molar-refractivity contribution is -0.116. The normalized spacial score (nSPS) is 17.1. The average Bonchev–Trinajstić information content (AvgIpc) is 3.25. The van der Waals surface area contributed by atoms with Crippen molar-refractivity contribution in [1.29, 1.82) is 0 Å². The minimum atomic E-state index is -0.481. The zero-order valence-electron chi connectivity index (χ0n) is 18.4. The Hall–Kier alpha value is -4.34. The van der Waals surface area contributed by atoms with Gasteiger partial charge < -0.3 is 24.3 Å². The molecular weight excluding hydrogens is 440 g/mol. The zero-order valence-corrected chi connectivity index (χ0v) is 18.4. The summed E-state index contributed by atoms with van der Waals surface area (Å²) in [4.78, 5) is 34.9. The summed E-state index contributed by atoms with van der Waals surface area (Å²) in [5, 5.41) is 2.77. The number of cyclic esters (lactones) is 1. The van der Waals surface area contributed by atoms with Crippen LogP contribution in [0.3, 0.4) is 0 Å². The third kappa shape index (κ3) is 4.42. The van der Waals surface area contributed by atoms with Gasteiger partial charge in [-0.05, 0) is 30.3 Å². The lowest BCUT2D eigenvalue weighted by Crippen LogP contribution is -2.33. The number of nitrogens with zero attached hydrogens (tertiary/aromatic N) is 3. The highest BCUT2D eigenvalue weighted by molar-refractivity contribution is 5.95. The Balaban J connectivity index is 1.20. The number of nitrogens with one attached hydrogen (secondary N) is 1. The molecule has 2 amide bonds. The molecule has 2 aromatic heterocycles. The fourth-order valence-electron chi connectivity index (χ4n) is 3.75. The first-order valence-corrected chi connectivity index (χ1v) is 10.7. The molecule has 2 aliphatic rings. The molecule has 0 spiro atoms. The Labute approximate surface area is 195 Å². The van der Waals surface area contributed by atoms with Crippen LogP contribution in [0.4, 0.5) is 10.5 Å². The minimum Gasteiger partial charge on any atom is -0.486 e. The Kier molecular flexibility index (Phi) is 5.86. The lowest BCUT2D eigenvalue weighted by atomic mass is 10.2. The van der Waals surface area contributed by atoms with Crippen LogP contribution in [0.5, 0.6) is 17.4 Å². The number of hydrogen-bond donors (Lipinski definition) is 1. The van der Waals surface area contributed by atoms with Gasteiger partial charge in [0.15, 0.2) is 11.5 Å². The molecule has 34 heavy (non-hydrogen) atoms. The molecular formula is C24H22N4O6. The molecule has 1 aromatic carbocycles. The van der Waals surface area contributed by atoms with Gasteiger partial charge in [0, 0.05) is 30.0 Å². The molecule has 1 saturated heterocycles. The SMILES string of the molecule is COc1ccc2nccc(C=CC(=O)NC[C@H]3CN(c4ccc5c(c4)OCCO5)C(=O)O3)c2n1. The second-order valence-corrected chi connectivity index (χ2v) is 7.64. The minimum absolute atomic E-state index is 0.180. The predicted molar refractivity (Wildman–Crippen MR) is 123 cm³/mol. The number of ether oxygens (including phenoxy) is 4. The standard InChI is InChI=1S/C24H22N4O6/c1-31-22-7-4-18-23(27-22)15(8-9-25-18)2-6-21(29)26-13-17-14-28(24(30)34-17)16-3-5-19-20(12-16)33-11-10-32-19/h2-9,12,17H,10-11,13-14H2,1H3,(H,26,29)/t17-/m0/s1. The molecule has 5 rings (SSSR count). The Morgan fingerprint density at radius 1 is 1.21 bits per heavy atom. The summed E-state index contributed by atoms with van der Waals surface area (Å²) in [5.74, 6) is 1.38. The van der Waals surface area contributed by atoms with Crippen molar-refractivity contribution >= 4 is 34.8 Å². The van der Waals surface area contributed by atoms with E-state index < -0.39 is 12.2 Å². The second kappa shape index (κ2) is 9.26. The van der Waals surface area contributed by atoms with Gasteiger partial charge in [-0.15, -0.1) is 0 Å². The van der Waals surface area contributed by atoms with Crippen LogP contribution in [0.25, 0.3) is 17.1 Å². The van der Waals surface area contributed by atoms with Crippen LogP contribution in [0.1, 0.15) is 5.56 Å². The Morgan fingerprint density at radius 2 is 2.06 bits per heavy atom. The highest BCUT2D eigenvalue weighted by atomic mass is 16.6. The van der Waals surface area contributed by atoms with Gasteiger partial charge in [-0.1, -0.05) is 0 Å². The van der Waals surface area contributed by atoms with E-state index in [0.717, 1.165) is 5.56 Å². The first-order chi connectivity index (χ1) is 16.6. The molecule has 1 N–H and O–H groups in total. The molecule has 1 atom stereocenters. The molecule has 0 unspecified atom stereocenters. The molecule has 0 radical (unpaired) electrons. The molecule has 10 heteroatoms. The quantitative estimate of drug-likeness (QED) is 0.557. The topological polar surface area (TPSA) is 112 Å². The van der Waals surface area contributed by atoms with Crippen LogP contribution in [-0.4, -0.2) is 61.5 Å². The van der Waals surface area contributed by atoms with E-state index >= 15 is 0 Å². The van der Waals surface area contributed by atoms with Gasteiger partial charge in [-0.25, -0.2) is 9.78 Å². The third-order valence-electron chi connectivity index (χ3n) is 5.43. The van der Waals surface area contributed by atoms with E-state index in [9.17, 15) is 9.59 Å². The Morgan fingerprint density at radius 3 is 2.91 bits per heavy atom. The van der Waals surface area contributed by atoms with E-state index in [1.807, 2.05) is 0 Å². The number of anilines is 1. The number of rotatable bonds is 6. The number of aromatic nitrogens is 2. The lowest BCUT2D eigenvalue weighted by Gasteiger charge is -2.21. The highest BCUT2D eigenvalue weighted by Gasteiger charge is 2.33. The molecule has 4 heterocycles. The summed E-state index contributed by atoms with van der Waals surface area (Å²) in [7, 11) is 1.54. The largest absolute Gasteiger partial charge is 0.486 e. The molecule has 0 aliphatic carbocycles. The molecule has 0 saturated carbocycles. The van der Waals surface area contributed by atoms with Crippen molar-refractivity contribution in [2.45, 2.75) is 6.10 Å². The summed E-state index contributed by atoms with van der Waals surface area (Å²) < 4.78 is 21.7.